The first-order valence-electron chi connectivity index (χ1n) is 7.60. The maximum Gasteiger partial charge on any atom is 0.408 e. The number of hydrogen-bond acceptors (Lipinski definition) is 3. The first-order chi connectivity index (χ1) is 10.2. The van der Waals surface area contributed by atoms with Crippen LogP contribution in [0.15, 0.2) is 30.3 Å². The van der Waals surface area contributed by atoms with E-state index in [9.17, 15) is 9.59 Å². The maximum absolute atomic E-state index is 12.4. The Morgan fingerprint density at radius 1 is 1.18 bits per heavy atom. The van der Waals surface area contributed by atoms with Crippen molar-refractivity contribution in [1.29, 1.82) is 0 Å². The Hall–Kier alpha value is -1.84. The van der Waals surface area contributed by atoms with Gasteiger partial charge in [0.2, 0.25) is 0 Å². The number of carbonyl (C=O) groups is 2. The lowest BCUT2D eigenvalue weighted by molar-refractivity contribution is -0.118. The zero-order valence-corrected chi connectivity index (χ0v) is 14.1. The van der Waals surface area contributed by atoms with Crippen LogP contribution < -0.4 is 5.32 Å². The predicted octanol–water partition coefficient (Wildman–Crippen LogP) is 3.75. The van der Waals surface area contributed by atoms with E-state index in [-0.39, 0.29) is 11.7 Å². The topological polar surface area (TPSA) is 55.4 Å². The number of ketones is 1. The van der Waals surface area contributed by atoms with Crippen LogP contribution in [-0.2, 0) is 9.53 Å². The van der Waals surface area contributed by atoms with Gasteiger partial charge in [0.05, 0.1) is 12.5 Å². The predicted molar refractivity (Wildman–Crippen MR) is 87.5 cm³/mol. The first-order valence-corrected chi connectivity index (χ1v) is 7.60. The van der Waals surface area contributed by atoms with E-state index in [1.807, 2.05) is 44.2 Å². The number of nitrogens with one attached hydrogen (secondary N) is 1. The molecule has 4 nitrogen and oxygen atoms in total. The highest BCUT2D eigenvalue weighted by Gasteiger charge is 2.25. The number of carbonyl (C=O) groups excluding carboxylic acids is 2. The Morgan fingerprint density at radius 3 is 2.27 bits per heavy atom. The molecule has 0 unspecified atom stereocenters. The molecule has 0 bridgehead atoms. The van der Waals surface area contributed by atoms with Crippen LogP contribution in [0, 0.1) is 12.3 Å². The molecule has 1 aromatic rings. The quantitative estimate of drug-likeness (QED) is 0.871. The summed E-state index contributed by atoms with van der Waals surface area (Å²) in [5, 5.41) is 2.68. The highest BCUT2D eigenvalue weighted by molar-refractivity contribution is 5.96. The molecule has 0 aliphatic carbocycles. The van der Waals surface area contributed by atoms with Gasteiger partial charge in [0.15, 0.2) is 5.78 Å². The van der Waals surface area contributed by atoms with E-state index in [1.165, 1.54) is 0 Å². The lowest BCUT2D eigenvalue weighted by atomic mass is 9.96. The summed E-state index contributed by atoms with van der Waals surface area (Å²) >= 11 is 0. The fourth-order valence-electron chi connectivity index (χ4n) is 1.98. The average Bonchev–Trinajstić information content (AvgIpc) is 2.36. The minimum atomic E-state index is -0.585. The number of amides is 1. The smallest absolute Gasteiger partial charge is 0.408 e. The molecule has 4 heteroatoms. The van der Waals surface area contributed by atoms with Crippen LogP contribution in [0.4, 0.5) is 4.79 Å². The molecule has 1 aromatic carbocycles. The van der Waals surface area contributed by atoms with Gasteiger partial charge < -0.3 is 10.1 Å². The third-order valence-corrected chi connectivity index (χ3v) is 2.85. The number of alkyl carbamates (subject to hydrolysis) is 1. The first kappa shape index (κ1) is 18.2. The summed E-state index contributed by atoms with van der Waals surface area (Å²) in [5.41, 5.74) is 0.241. The standard InChI is InChI=1S/C18H26NO3/c1-13(2)11-15(19-17(21)22-18(3,4)5)16(20)12-14-9-7-6-8-10-14/h6-10,12-13,15H,11H2,1-5H3,(H,19,21)/t15-/m0/s1. The van der Waals surface area contributed by atoms with Crippen molar-refractivity contribution in [2.24, 2.45) is 5.92 Å². The Balaban J connectivity index is 2.71. The summed E-state index contributed by atoms with van der Waals surface area (Å²) in [6.07, 6.45) is 1.57. The summed E-state index contributed by atoms with van der Waals surface area (Å²) in [6, 6.07) is 8.78. The van der Waals surface area contributed by atoms with E-state index in [0.29, 0.717) is 6.42 Å². The van der Waals surface area contributed by atoms with Gasteiger partial charge in [0.1, 0.15) is 5.60 Å². The van der Waals surface area contributed by atoms with E-state index >= 15 is 0 Å². The highest BCUT2D eigenvalue weighted by Crippen LogP contribution is 2.13. The molecule has 1 amide bonds. The SMILES string of the molecule is CC(C)C[C@H](NC(=O)OC(C)(C)C)C(=O)[CH]c1ccccc1. The summed E-state index contributed by atoms with van der Waals surface area (Å²) in [7, 11) is 0. The summed E-state index contributed by atoms with van der Waals surface area (Å²) in [5.74, 6) is 0.166. The molecule has 0 fully saturated rings. The molecule has 1 rings (SSSR count). The van der Waals surface area contributed by atoms with Crippen LogP contribution in [0.1, 0.15) is 46.6 Å². The second-order valence-electron chi connectivity index (χ2n) is 6.79. The summed E-state index contributed by atoms with van der Waals surface area (Å²) in [4.78, 5) is 24.3. The van der Waals surface area contributed by atoms with Crippen LogP contribution in [0.5, 0.6) is 0 Å². The number of benzene rings is 1. The number of rotatable bonds is 6. The molecule has 1 radical (unpaired) electrons. The number of hydrogen-bond donors (Lipinski definition) is 1. The fourth-order valence-corrected chi connectivity index (χ4v) is 1.98. The molecule has 0 spiro atoms. The van der Waals surface area contributed by atoms with Crippen molar-refractivity contribution in [3.05, 3.63) is 42.3 Å². The third-order valence-electron chi connectivity index (χ3n) is 2.85. The normalized spacial score (nSPS) is 12.8. The van der Waals surface area contributed by atoms with Crippen LogP contribution >= 0.6 is 0 Å². The number of ether oxygens (including phenoxy) is 1. The van der Waals surface area contributed by atoms with Gasteiger partial charge in [0, 0.05) is 0 Å². The lowest BCUT2D eigenvalue weighted by Crippen LogP contribution is -2.44. The van der Waals surface area contributed by atoms with E-state index in [1.54, 1.807) is 27.2 Å². The molecule has 1 N–H and O–H groups in total. The van der Waals surface area contributed by atoms with E-state index in [0.717, 1.165) is 5.56 Å². The van der Waals surface area contributed by atoms with Gasteiger partial charge >= 0.3 is 6.09 Å². The molecule has 0 aromatic heterocycles. The monoisotopic (exact) mass is 304 g/mol. The van der Waals surface area contributed by atoms with Crippen molar-refractivity contribution in [1.82, 2.24) is 5.32 Å². The average molecular weight is 304 g/mol. The summed E-state index contributed by atoms with van der Waals surface area (Å²) < 4.78 is 5.23. The molecule has 1 atom stereocenters. The van der Waals surface area contributed by atoms with Gasteiger partial charge in [-0.1, -0.05) is 44.2 Å². The molecule has 121 valence electrons. The van der Waals surface area contributed by atoms with Crippen molar-refractivity contribution in [2.75, 3.05) is 0 Å². The molecule has 0 saturated heterocycles. The Labute approximate surface area is 133 Å². The zero-order chi connectivity index (χ0) is 16.8. The van der Waals surface area contributed by atoms with E-state index in [4.69, 9.17) is 4.74 Å². The van der Waals surface area contributed by atoms with Gasteiger partial charge in [-0.05, 0) is 38.7 Å². The van der Waals surface area contributed by atoms with Gasteiger partial charge in [-0.2, -0.15) is 0 Å². The van der Waals surface area contributed by atoms with Gasteiger partial charge in [0.25, 0.3) is 0 Å². The van der Waals surface area contributed by atoms with Gasteiger partial charge in [-0.3, -0.25) is 4.79 Å². The molecule has 0 heterocycles. The minimum Gasteiger partial charge on any atom is -0.444 e. The van der Waals surface area contributed by atoms with Crippen LogP contribution in [0.25, 0.3) is 0 Å². The van der Waals surface area contributed by atoms with Crippen LogP contribution in [0.3, 0.4) is 0 Å². The molecule has 0 saturated carbocycles. The maximum atomic E-state index is 12.4. The van der Waals surface area contributed by atoms with Crippen molar-refractivity contribution >= 4 is 11.9 Å². The highest BCUT2D eigenvalue weighted by atomic mass is 16.6. The molecule has 22 heavy (non-hydrogen) atoms. The molecule has 0 aliphatic heterocycles. The van der Waals surface area contributed by atoms with Crippen molar-refractivity contribution in [3.8, 4) is 0 Å². The Bertz CT molecular complexity index is 489. The second-order valence-corrected chi connectivity index (χ2v) is 6.79. The Kier molecular flexibility index (Phi) is 6.60. The third kappa shape index (κ3) is 7.25. The molecular weight excluding hydrogens is 278 g/mol. The van der Waals surface area contributed by atoms with Crippen LogP contribution in [0.2, 0.25) is 0 Å². The summed E-state index contributed by atoms with van der Waals surface area (Å²) in [6.45, 7) is 9.41. The van der Waals surface area contributed by atoms with Crippen molar-refractivity contribution in [3.63, 3.8) is 0 Å². The van der Waals surface area contributed by atoms with E-state index < -0.39 is 17.7 Å². The Morgan fingerprint density at radius 2 is 1.77 bits per heavy atom. The molecule has 0 aliphatic rings. The minimum absolute atomic E-state index is 0.120. The number of Topliss-reactive ketones (excluding diaryl/α,β-unsaturated/α-hetero) is 1. The largest absolute Gasteiger partial charge is 0.444 e. The van der Waals surface area contributed by atoms with Crippen LogP contribution in [-0.4, -0.2) is 23.5 Å². The van der Waals surface area contributed by atoms with Gasteiger partial charge in [-0.15, -0.1) is 0 Å². The van der Waals surface area contributed by atoms with E-state index in [2.05, 4.69) is 5.32 Å². The van der Waals surface area contributed by atoms with Gasteiger partial charge in [-0.25, -0.2) is 4.79 Å². The fraction of sp³-hybridized carbons (Fsp3) is 0.500. The van der Waals surface area contributed by atoms with Crippen molar-refractivity contribution < 1.29 is 14.3 Å². The lowest BCUT2D eigenvalue weighted by Gasteiger charge is -2.24. The van der Waals surface area contributed by atoms with Crippen molar-refractivity contribution in [2.45, 2.75) is 52.7 Å². The zero-order valence-electron chi connectivity index (χ0n) is 14.1. The second kappa shape index (κ2) is 7.97. The molecular formula is C18H26NO3.